The summed E-state index contributed by atoms with van der Waals surface area (Å²) in [5, 5.41) is 3.55. The van der Waals surface area contributed by atoms with Crippen LogP contribution in [0, 0.1) is 5.92 Å². The van der Waals surface area contributed by atoms with Crippen molar-refractivity contribution >= 4 is 5.96 Å². The van der Waals surface area contributed by atoms with Gasteiger partial charge >= 0.3 is 0 Å². The van der Waals surface area contributed by atoms with Crippen LogP contribution in [0.5, 0.6) is 0 Å². The average Bonchev–Trinajstić information content (AvgIpc) is 2.86. The van der Waals surface area contributed by atoms with Gasteiger partial charge in [0.05, 0.1) is 6.54 Å². The van der Waals surface area contributed by atoms with Crippen molar-refractivity contribution in [1.82, 2.24) is 10.2 Å². The lowest BCUT2D eigenvalue weighted by molar-refractivity contribution is 0.259. The van der Waals surface area contributed by atoms with Crippen molar-refractivity contribution in [2.45, 2.75) is 32.4 Å². The number of guanidine groups is 1. The van der Waals surface area contributed by atoms with E-state index in [-0.39, 0.29) is 0 Å². The second-order valence-corrected chi connectivity index (χ2v) is 6.88. The van der Waals surface area contributed by atoms with Crippen molar-refractivity contribution in [3.63, 3.8) is 0 Å². The van der Waals surface area contributed by atoms with Gasteiger partial charge in [0.2, 0.25) is 0 Å². The lowest BCUT2D eigenvalue weighted by atomic mass is 9.90. The van der Waals surface area contributed by atoms with Crippen molar-refractivity contribution < 1.29 is 0 Å². The topological polar surface area (TPSA) is 27.6 Å². The molecule has 0 amide bonds. The van der Waals surface area contributed by atoms with Crippen molar-refractivity contribution in [3.05, 3.63) is 71.3 Å². The molecule has 1 saturated heterocycles. The maximum atomic E-state index is 4.83. The Balaban J connectivity index is 1.34. The number of hydrogen-bond donors (Lipinski definition) is 1. The normalized spacial score (nSPS) is 18.3. The first-order chi connectivity index (χ1) is 11.9. The molecular formula is C21H25N3. The second-order valence-electron chi connectivity index (χ2n) is 6.88. The fourth-order valence-corrected chi connectivity index (χ4v) is 3.78. The van der Waals surface area contributed by atoms with Gasteiger partial charge in [0.1, 0.15) is 0 Å². The summed E-state index contributed by atoms with van der Waals surface area (Å²) in [6.07, 6.45) is 3.71. The van der Waals surface area contributed by atoms with Crippen molar-refractivity contribution in [2.75, 3.05) is 13.1 Å². The van der Waals surface area contributed by atoms with Gasteiger partial charge in [0, 0.05) is 19.6 Å². The van der Waals surface area contributed by atoms with E-state index in [4.69, 9.17) is 4.99 Å². The smallest absolute Gasteiger partial charge is 0.194 e. The van der Waals surface area contributed by atoms with Crippen LogP contribution in [0.3, 0.4) is 0 Å². The largest absolute Gasteiger partial charge is 0.352 e. The number of aliphatic imine (C=N–C) groups is 1. The number of piperidine rings is 1. The number of nitrogens with one attached hydrogen (secondary N) is 1. The Labute approximate surface area is 144 Å². The number of nitrogens with zero attached hydrogens (tertiary/aromatic N) is 2. The maximum Gasteiger partial charge on any atom is 0.194 e. The van der Waals surface area contributed by atoms with Gasteiger partial charge in [-0.1, -0.05) is 54.6 Å². The van der Waals surface area contributed by atoms with Crippen LogP contribution in [0.25, 0.3) is 0 Å². The second kappa shape index (κ2) is 7.08. The summed E-state index contributed by atoms with van der Waals surface area (Å²) in [6.45, 7) is 3.90. The van der Waals surface area contributed by atoms with E-state index in [0.717, 1.165) is 38.1 Å². The summed E-state index contributed by atoms with van der Waals surface area (Å²) >= 11 is 0. The van der Waals surface area contributed by atoms with Crippen LogP contribution in [0.1, 0.15) is 29.5 Å². The predicted molar refractivity (Wildman–Crippen MR) is 98.9 cm³/mol. The minimum atomic E-state index is 0.794. The molecule has 3 nitrogen and oxygen atoms in total. The molecule has 0 radical (unpaired) electrons. The molecule has 0 atom stereocenters. The van der Waals surface area contributed by atoms with Crippen LogP contribution in [-0.2, 0) is 19.5 Å². The Kier molecular flexibility index (Phi) is 4.50. The fourth-order valence-electron chi connectivity index (χ4n) is 3.78. The molecule has 0 spiro atoms. The van der Waals surface area contributed by atoms with Gasteiger partial charge in [-0.15, -0.1) is 0 Å². The predicted octanol–water partition coefficient (Wildman–Crippen LogP) is 3.60. The zero-order valence-electron chi connectivity index (χ0n) is 14.1. The van der Waals surface area contributed by atoms with Crippen LogP contribution in [0.2, 0.25) is 0 Å². The third-order valence-electron chi connectivity index (χ3n) is 5.24. The summed E-state index contributed by atoms with van der Waals surface area (Å²) in [5.74, 6) is 1.89. The molecule has 3 heteroatoms. The summed E-state index contributed by atoms with van der Waals surface area (Å²) in [4.78, 5) is 7.27. The Morgan fingerprint density at radius 1 is 0.917 bits per heavy atom. The summed E-state index contributed by atoms with van der Waals surface area (Å²) in [6, 6.07) is 19.5. The highest BCUT2D eigenvalue weighted by Crippen LogP contribution is 2.22. The Morgan fingerprint density at radius 2 is 1.62 bits per heavy atom. The summed E-state index contributed by atoms with van der Waals surface area (Å²) in [7, 11) is 0. The van der Waals surface area contributed by atoms with E-state index < -0.39 is 0 Å². The van der Waals surface area contributed by atoms with Crippen LogP contribution < -0.4 is 5.32 Å². The van der Waals surface area contributed by atoms with E-state index in [1.54, 1.807) is 0 Å². The monoisotopic (exact) mass is 319 g/mol. The molecule has 1 fully saturated rings. The lowest BCUT2D eigenvalue weighted by Gasteiger charge is -2.34. The van der Waals surface area contributed by atoms with E-state index in [2.05, 4.69) is 64.8 Å². The molecule has 0 unspecified atom stereocenters. The third-order valence-corrected chi connectivity index (χ3v) is 5.24. The molecule has 0 aliphatic carbocycles. The summed E-state index contributed by atoms with van der Waals surface area (Å²) < 4.78 is 0. The van der Waals surface area contributed by atoms with Gasteiger partial charge in [-0.2, -0.15) is 0 Å². The molecule has 24 heavy (non-hydrogen) atoms. The van der Waals surface area contributed by atoms with Crippen molar-refractivity contribution in [1.29, 1.82) is 0 Å². The number of benzene rings is 2. The van der Waals surface area contributed by atoms with Crippen LogP contribution >= 0.6 is 0 Å². The van der Waals surface area contributed by atoms with E-state index in [1.165, 1.54) is 36.0 Å². The van der Waals surface area contributed by atoms with E-state index >= 15 is 0 Å². The quantitative estimate of drug-likeness (QED) is 0.916. The maximum absolute atomic E-state index is 4.83. The Morgan fingerprint density at radius 3 is 2.42 bits per heavy atom. The van der Waals surface area contributed by atoms with Gasteiger partial charge in [-0.05, 0) is 41.9 Å². The molecule has 2 aromatic carbocycles. The minimum Gasteiger partial charge on any atom is -0.352 e. The van der Waals surface area contributed by atoms with E-state index in [9.17, 15) is 0 Å². The highest BCUT2D eigenvalue weighted by atomic mass is 15.3. The molecule has 2 heterocycles. The lowest BCUT2D eigenvalue weighted by Crippen LogP contribution is -2.45. The van der Waals surface area contributed by atoms with Gasteiger partial charge in [-0.25, -0.2) is 4.99 Å². The van der Waals surface area contributed by atoms with Gasteiger partial charge in [0.25, 0.3) is 0 Å². The first kappa shape index (κ1) is 15.3. The number of fused-ring (bicyclic) bond motifs is 1. The van der Waals surface area contributed by atoms with E-state index in [0.29, 0.717) is 0 Å². The highest BCUT2D eigenvalue weighted by Gasteiger charge is 2.22. The number of hydrogen-bond acceptors (Lipinski definition) is 3. The Bertz CT molecular complexity index is 700. The van der Waals surface area contributed by atoms with Gasteiger partial charge in [0.15, 0.2) is 5.96 Å². The van der Waals surface area contributed by atoms with Crippen molar-refractivity contribution in [3.8, 4) is 0 Å². The third kappa shape index (κ3) is 3.45. The van der Waals surface area contributed by atoms with Crippen LogP contribution in [0.15, 0.2) is 59.6 Å². The minimum absolute atomic E-state index is 0.794. The molecular weight excluding hydrogens is 294 g/mol. The Hall–Kier alpha value is -2.29. The fraction of sp³-hybridized carbons (Fsp3) is 0.381. The molecule has 124 valence electrons. The molecule has 0 bridgehead atoms. The van der Waals surface area contributed by atoms with Crippen molar-refractivity contribution in [2.24, 2.45) is 10.9 Å². The first-order valence-electron chi connectivity index (χ1n) is 9.02. The van der Waals surface area contributed by atoms with Crippen LogP contribution in [0.4, 0.5) is 0 Å². The molecule has 4 rings (SSSR count). The standard InChI is InChI=1S/C21H25N3/c1-2-6-17(7-3-1)14-18-10-12-24(13-11-18)21-22-15-19-8-4-5-9-20(19)16-23-21/h1-9,18H,10-16H2,(H,22,23). The molecule has 2 aromatic rings. The zero-order chi connectivity index (χ0) is 16.2. The molecule has 2 aliphatic heterocycles. The summed E-state index contributed by atoms with van der Waals surface area (Å²) in [5.41, 5.74) is 4.19. The molecule has 0 aromatic heterocycles. The average molecular weight is 319 g/mol. The van der Waals surface area contributed by atoms with Gasteiger partial charge < -0.3 is 10.2 Å². The number of likely N-dealkylation sites (tertiary alicyclic amines) is 1. The highest BCUT2D eigenvalue weighted by molar-refractivity contribution is 5.80. The SMILES string of the molecule is c1ccc(CC2CCN(C3=NCc4ccccc4CN3)CC2)cc1. The first-order valence-corrected chi connectivity index (χ1v) is 9.02. The van der Waals surface area contributed by atoms with E-state index in [1.807, 2.05) is 0 Å². The molecule has 2 aliphatic rings. The molecule has 1 N–H and O–H groups in total. The van der Waals surface area contributed by atoms with Crippen LogP contribution in [-0.4, -0.2) is 23.9 Å². The van der Waals surface area contributed by atoms with Gasteiger partial charge in [-0.3, -0.25) is 0 Å². The zero-order valence-corrected chi connectivity index (χ0v) is 14.1. The number of rotatable bonds is 2. The molecule has 0 saturated carbocycles.